The zero-order valence-corrected chi connectivity index (χ0v) is 10.7. The van der Waals surface area contributed by atoms with Crippen LogP contribution in [0.2, 0.25) is 0 Å². The number of carbonyl (C=O) groups excluding carboxylic acids is 1. The summed E-state index contributed by atoms with van der Waals surface area (Å²) in [5, 5.41) is 0. The highest BCUT2D eigenvalue weighted by Gasteiger charge is 2.34. The topological polar surface area (TPSA) is 58.2 Å². The summed E-state index contributed by atoms with van der Waals surface area (Å²) in [6, 6.07) is 9.72. The number of ether oxygens (including phenoxy) is 1. The smallest absolute Gasteiger partial charge is 0.410 e. The third kappa shape index (κ3) is 1.97. The summed E-state index contributed by atoms with van der Waals surface area (Å²) in [6.45, 7) is 0.626. The van der Waals surface area contributed by atoms with E-state index in [2.05, 4.69) is 9.97 Å². The molecule has 1 aromatic heterocycles. The summed E-state index contributed by atoms with van der Waals surface area (Å²) >= 11 is 0. The van der Waals surface area contributed by atoms with Crippen LogP contribution in [0.3, 0.4) is 0 Å². The number of nitrogens with zero attached hydrogens (tertiary/aromatic N) is 2. The first kappa shape index (κ1) is 11.8. The van der Waals surface area contributed by atoms with Gasteiger partial charge in [0.05, 0.1) is 19.1 Å². The number of H-pyrrole nitrogens is 1. The number of carbonyl (C=O) groups is 1. The van der Waals surface area contributed by atoms with E-state index >= 15 is 0 Å². The summed E-state index contributed by atoms with van der Waals surface area (Å²) in [6.07, 6.45) is 2.14. The minimum absolute atomic E-state index is 0.177. The second-order valence-corrected chi connectivity index (χ2v) is 4.49. The van der Waals surface area contributed by atoms with Crippen molar-refractivity contribution in [3.63, 3.8) is 0 Å². The molecule has 5 heteroatoms. The quantitative estimate of drug-likeness (QED) is 0.851. The minimum Gasteiger partial charge on any atom is -0.453 e. The van der Waals surface area contributed by atoms with Crippen LogP contribution in [-0.2, 0) is 11.2 Å². The zero-order chi connectivity index (χ0) is 13.2. The maximum Gasteiger partial charge on any atom is 0.410 e. The molecule has 3 rings (SSSR count). The Hall–Kier alpha value is -2.30. The number of fused-ring (bicyclic) bond motifs is 1. The predicted molar refractivity (Wildman–Crippen MR) is 69.7 cm³/mol. The Morgan fingerprint density at radius 1 is 1.42 bits per heavy atom. The predicted octanol–water partition coefficient (Wildman–Crippen LogP) is 2.12. The Balaban J connectivity index is 2.07. The van der Waals surface area contributed by atoms with Gasteiger partial charge in [0.15, 0.2) is 0 Å². The second kappa shape index (κ2) is 4.76. The normalized spacial score (nSPS) is 17.9. The van der Waals surface area contributed by atoms with E-state index in [4.69, 9.17) is 4.74 Å². The molecule has 0 spiro atoms. The lowest BCUT2D eigenvalue weighted by Gasteiger charge is -2.34. The van der Waals surface area contributed by atoms with Gasteiger partial charge in [-0.25, -0.2) is 9.78 Å². The van der Waals surface area contributed by atoms with Gasteiger partial charge in [-0.1, -0.05) is 30.3 Å². The maximum atomic E-state index is 11.9. The van der Waals surface area contributed by atoms with E-state index in [1.54, 1.807) is 11.2 Å². The molecule has 1 amide bonds. The van der Waals surface area contributed by atoms with Crippen LogP contribution < -0.4 is 0 Å². The molecule has 19 heavy (non-hydrogen) atoms. The van der Waals surface area contributed by atoms with Gasteiger partial charge in [-0.15, -0.1) is 0 Å². The van der Waals surface area contributed by atoms with Crippen molar-refractivity contribution in [3.05, 3.63) is 53.6 Å². The van der Waals surface area contributed by atoms with Crippen LogP contribution in [0.4, 0.5) is 4.79 Å². The van der Waals surface area contributed by atoms with Gasteiger partial charge in [-0.2, -0.15) is 0 Å². The number of methoxy groups -OCH3 is 1. The summed E-state index contributed by atoms with van der Waals surface area (Å²) in [7, 11) is 1.41. The van der Waals surface area contributed by atoms with Gasteiger partial charge >= 0.3 is 6.09 Å². The summed E-state index contributed by atoms with van der Waals surface area (Å²) in [5.74, 6) is 0. The fraction of sp³-hybridized carbons (Fsp3) is 0.286. The number of nitrogens with one attached hydrogen (secondary N) is 1. The SMILES string of the molecule is COC(=O)N1CCc2[nH]cnc2C1c1ccccc1. The highest BCUT2D eigenvalue weighted by Crippen LogP contribution is 2.33. The van der Waals surface area contributed by atoms with Crippen LogP contribution >= 0.6 is 0 Å². The van der Waals surface area contributed by atoms with E-state index in [1.807, 2.05) is 30.3 Å². The van der Waals surface area contributed by atoms with Crippen molar-refractivity contribution in [2.75, 3.05) is 13.7 Å². The largest absolute Gasteiger partial charge is 0.453 e. The number of rotatable bonds is 1. The van der Waals surface area contributed by atoms with Gasteiger partial charge < -0.3 is 9.72 Å². The van der Waals surface area contributed by atoms with Gasteiger partial charge in [0.2, 0.25) is 0 Å². The number of aromatic amines is 1. The molecule has 0 radical (unpaired) electrons. The molecule has 1 aromatic carbocycles. The monoisotopic (exact) mass is 257 g/mol. The molecule has 0 saturated carbocycles. The summed E-state index contributed by atoms with van der Waals surface area (Å²) < 4.78 is 4.88. The molecular formula is C14H15N3O2. The Morgan fingerprint density at radius 3 is 2.95 bits per heavy atom. The van der Waals surface area contributed by atoms with E-state index in [-0.39, 0.29) is 12.1 Å². The van der Waals surface area contributed by atoms with Gasteiger partial charge in [0.25, 0.3) is 0 Å². The molecule has 5 nitrogen and oxygen atoms in total. The van der Waals surface area contributed by atoms with E-state index < -0.39 is 0 Å². The van der Waals surface area contributed by atoms with Crippen molar-refractivity contribution in [1.82, 2.24) is 14.9 Å². The fourth-order valence-electron chi connectivity index (χ4n) is 2.56. The van der Waals surface area contributed by atoms with Gasteiger partial charge in [0.1, 0.15) is 6.04 Å². The fourth-order valence-corrected chi connectivity index (χ4v) is 2.56. The first-order valence-electron chi connectivity index (χ1n) is 6.23. The molecule has 0 bridgehead atoms. The van der Waals surface area contributed by atoms with Crippen LogP contribution in [0, 0.1) is 0 Å². The van der Waals surface area contributed by atoms with E-state index in [0.717, 1.165) is 23.4 Å². The third-order valence-electron chi connectivity index (χ3n) is 3.45. The van der Waals surface area contributed by atoms with Crippen molar-refractivity contribution >= 4 is 6.09 Å². The van der Waals surface area contributed by atoms with Crippen molar-refractivity contribution in [3.8, 4) is 0 Å². The maximum absolute atomic E-state index is 11.9. The van der Waals surface area contributed by atoms with Crippen molar-refractivity contribution in [1.29, 1.82) is 0 Å². The van der Waals surface area contributed by atoms with Crippen molar-refractivity contribution < 1.29 is 9.53 Å². The molecule has 1 aliphatic heterocycles. The van der Waals surface area contributed by atoms with E-state index in [1.165, 1.54) is 7.11 Å². The molecule has 2 aromatic rings. The highest BCUT2D eigenvalue weighted by atomic mass is 16.5. The minimum atomic E-state index is -0.317. The molecule has 0 fully saturated rings. The third-order valence-corrected chi connectivity index (χ3v) is 3.45. The molecule has 98 valence electrons. The average Bonchev–Trinajstić information content (AvgIpc) is 2.94. The highest BCUT2D eigenvalue weighted by molar-refractivity contribution is 5.69. The Labute approximate surface area is 111 Å². The molecule has 0 aliphatic carbocycles. The van der Waals surface area contributed by atoms with Gasteiger partial charge in [0, 0.05) is 18.7 Å². The van der Waals surface area contributed by atoms with Crippen molar-refractivity contribution in [2.24, 2.45) is 0 Å². The van der Waals surface area contributed by atoms with Crippen LogP contribution in [0.1, 0.15) is 23.0 Å². The zero-order valence-electron chi connectivity index (χ0n) is 10.7. The molecular weight excluding hydrogens is 242 g/mol. The van der Waals surface area contributed by atoms with Crippen LogP contribution in [-0.4, -0.2) is 34.6 Å². The molecule has 1 unspecified atom stereocenters. The number of amides is 1. The molecule has 1 N–H and O–H groups in total. The first-order chi connectivity index (χ1) is 9.31. The van der Waals surface area contributed by atoms with E-state index in [0.29, 0.717) is 6.54 Å². The number of imidazole rings is 1. The molecule has 0 saturated heterocycles. The lowest BCUT2D eigenvalue weighted by molar-refractivity contribution is 0.108. The Kier molecular flexibility index (Phi) is 2.95. The second-order valence-electron chi connectivity index (χ2n) is 4.49. The van der Waals surface area contributed by atoms with Crippen molar-refractivity contribution in [2.45, 2.75) is 12.5 Å². The standard InChI is InChI=1S/C14H15N3O2/c1-19-14(18)17-8-7-11-12(16-9-15-11)13(17)10-5-3-2-4-6-10/h2-6,9,13H,7-8H2,1H3,(H,15,16). The Morgan fingerprint density at radius 2 is 2.21 bits per heavy atom. The van der Waals surface area contributed by atoms with Crippen LogP contribution in [0.5, 0.6) is 0 Å². The lowest BCUT2D eigenvalue weighted by atomic mass is 9.96. The Bertz CT molecular complexity index is 579. The van der Waals surface area contributed by atoms with Crippen LogP contribution in [0.25, 0.3) is 0 Å². The van der Waals surface area contributed by atoms with Crippen LogP contribution in [0.15, 0.2) is 36.7 Å². The summed E-state index contributed by atoms with van der Waals surface area (Å²) in [4.78, 5) is 21.2. The van der Waals surface area contributed by atoms with E-state index in [9.17, 15) is 4.79 Å². The number of benzene rings is 1. The average molecular weight is 257 g/mol. The summed E-state index contributed by atoms with van der Waals surface area (Å²) in [5.41, 5.74) is 3.04. The first-order valence-corrected chi connectivity index (χ1v) is 6.23. The number of aromatic nitrogens is 2. The number of hydrogen-bond acceptors (Lipinski definition) is 3. The van der Waals surface area contributed by atoms with Gasteiger partial charge in [-0.3, -0.25) is 4.90 Å². The molecule has 1 atom stereocenters. The number of hydrogen-bond donors (Lipinski definition) is 1. The molecule has 2 heterocycles. The van der Waals surface area contributed by atoms with Gasteiger partial charge in [-0.05, 0) is 5.56 Å². The molecule has 1 aliphatic rings. The lowest BCUT2D eigenvalue weighted by Crippen LogP contribution is -2.40.